The molecule has 1 aromatic heterocycles. The molecule has 1 amide bonds. The quantitative estimate of drug-likeness (QED) is 0.705. The molecule has 0 bridgehead atoms. The number of nitrogens with zero attached hydrogens (tertiary/aromatic N) is 1. The third kappa shape index (κ3) is 4.83. The number of aromatic carboxylic acids is 1. The number of anilines is 1. The van der Waals surface area contributed by atoms with E-state index in [0.717, 1.165) is 6.07 Å². The van der Waals surface area contributed by atoms with Gasteiger partial charge in [-0.2, -0.15) is 0 Å². The molecule has 0 saturated carbocycles. The Labute approximate surface area is 116 Å². The van der Waals surface area contributed by atoms with Gasteiger partial charge in [0.1, 0.15) is 5.56 Å². The van der Waals surface area contributed by atoms with Crippen molar-refractivity contribution in [2.24, 2.45) is 5.92 Å². The molecular formula is C13H18FN3O3. The molecule has 0 fully saturated rings. The highest BCUT2D eigenvalue weighted by Crippen LogP contribution is 2.14. The van der Waals surface area contributed by atoms with E-state index in [0.29, 0.717) is 12.5 Å². The standard InChI is InChI=1S/C13H18FN3O3/c1-8(2)7-17-10(18)4-6-16-12-11(14)9(13(19)20)3-5-15-12/h3,5,8H,4,6-7H2,1-2H3,(H,15,16)(H,17,18)(H,19,20). The molecule has 0 aliphatic carbocycles. The maximum absolute atomic E-state index is 13.7. The summed E-state index contributed by atoms with van der Waals surface area (Å²) in [6.45, 7) is 4.72. The van der Waals surface area contributed by atoms with Crippen molar-refractivity contribution >= 4 is 17.7 Å². The van der Waals surface area contributed by atoms with Gasteiger partial charge in [-0.3, -0.25) is 4.79 Å². The van der Waals surface area contributed by atoms with Gasteiger partial charge in [0, 0.05) is 25.7 Å². The molecule has 110 valence electrons. The van der Waals surface area contributed by atoms with Crippen LogP contribution in [0.15, 0.2) is 12.3 Å². The van der Waals surface area contributed by atoms with E-state index in [1.165, 1.54) is 6.20 Å². The molecule has 3 N–H and O–H groups in total. The first kappa shape index (κ1) is 15.9. The lowest BCUT2D eigenvalue weighted by molar-refractivity contribution is -0.120. The molecule has 20 heavy (non-hydrogen) atoms. The topological polar surface area (TPSA) is 91.3 Å². The minimum absolute atomic E-state index is 0.152. The third-order valence-electron chi connectivity index (χ3n) is 2.47. The summed E-state index contributed by atoms with van der Waals surface area (Å²) in [6.07, 6.45) is 1.36. The molecule has 7 heteroatoms. The first-order chi connectivity index (χ1) is 9.41. The van der Waals surface area contributed by atoms with Crippen LogP contribution in [0.3, 0.4) is 0 Å². The van der Waals surface area contributed by atoms with Crippen LogP contribution >= 0.6 is 0 Å². The molecule has 0 unspecified atom stereocenters. The van der Waals surface area contributed by atoms with Crippen molar-refractivity contribution in [2.45, 2.75) is 20.3 Å². The number of carbonyl (C=O) groups is 2. The van der Waals surface area contributed by atoms with E-state index in [2.05, 4.69) is 15.6 Å². The Morgan fingerprint density at radius 1 is 1.45 bits per heavy atom. The predicted octanol–water partition coefficient (Wildman–Crippen LogP) is 1.49. The summed E-state index contributed by atoms with van der Waals surface area (Å²) in [5.74, 6) is -2.24. The largest absolute Gasteiger partial charge is 0.478 e. The first-order valence-corrected chi connectivity index (χ1v) is 6.30. The van der Waals surface area contributed by atoms with Crippen molar-refractivity contribution in [2.75, 3.05) is 18.4 Å². The molecule has 6 nitrogen and oxygen atoms in total. The third-order valence-corrected chi connectivity index (χ3v) is 2.47. The number of aromatic nitrogens is 1. The average Bonchev–Trinajstić information content (AvgIpc) is 2.38. The van der Waals surface area contributed by atoms with Crippen molar-refractivity contribution in [3.8, 4) is 0 Å². The molecule has 0 aliphatic rings. The summed E-state index contributed by atoms with van der Waals surface area (Å²) in [4.78, 5) is 25.9. The highest BCUT2D eigenvalue weighted by Gasteiger charge is 2.14. The molecule has 1 heterocycles. The number of hydrogen-bond donors (Lipinski definition) is 3. The highest BCUT2D eigenvalue weighted by atomic mass is 19.1. The van der Waals surface area contributed by atoms with E-state index in [4.69, 9.17) is 5.11 Å². The van der Waals surface area contributed by atoms with E-state index in [1.807, 2.05) is 13.8 Å². The van der Waals surface area contributed by atoms with E-state index in [1.54, 1.807) is 0 Å². The number of nitrogens with one attached hydrogen (secondary N) is 2. The van der Waals surface area contributed by atoms with E-state index in [9.17, 15) is 14.0 Å². The molecule has 0 radical (unpaired) electrons. The Kier molecular flexibility index (Phi) is 5.89. The summed E-state index contributed by atoms with van der Waals surface area (Å²) >= 11 is 0. The monoisotopic (exact) mass is 283 g/mol. The van der Waals surface area contributed by atoms with Gasteiger partial charge in [0.05, 0.1) is 0 Å². The minimum atomic E-state index is -1.36. The maximum atomic E-state index is 13.7. The van der Waals surface area contributed by atoms with E-state index in [-0.39, 0.29) is 24.7 Å². The zero-order valence-electron chi connectivity index (χ0n) is 11.4. The van der Waals surface area contributed by atoms with Crippen molar-refractivity contribution in [3.05, 3.63) is 23.6 Å². The zero-order valence-corrected chi connectivity index (χ0v) is 11.4. The molecular weight excluding hydrogens is 265 g/mol. The lowest BCUT2D eigenvalue weighted by Gasteiger charge is -2.09. The van der Waals surface area contributed by atoms with Crippen LogP contribution in [0.5, 0.6) is 0 Å². The van der Waals surface area contributed by atoms with Gasteiger partial charge in [-0.25, -0.2) is 14.2 Å². The second kappa shape index (κ2) is 7.42. The second-order valence-electron chi connectivity index (χ2n) is 4.70. The Balaban J connectivity index is 2.48. The van der Waals surface area contributed by atoms with E-state index < -0.39 is 17.3 Å². The summed E-state index contributed by atoms with van der Waals surface area (Å²) in [7, 11) is 0. The van der Waals surface area contributed by atoms with Crippen molar-refractivity contribution in [1.29, 1.82) is 0 Å². The van der Waals surface area contributed by atoms with Crippen LogP contribution in [0.1, 0.15) is 30.6 Å². The lowest BCUT2D eigenvalue weighted by atomic mass is 10.2. The van der Waals surface area contributed by atoms with Gasteiger partial charge in [0.25, 0.3) is 0 Å². The number of carbonyl (C=O) groups excluding carboxylic acids is 1. The number of rotatable bonds is 7. The first-order valence-electron chi connectivity index (χ1n) is 6.30. The summed E-state index contributed by atoms with van der Waals surface area (Å²) in [5, 5.41) is 14.1. The lowest BCUT2D eigenvalue weighted by Crippen LogP contribution is -2.28. The number of pyridine rings is 1. The van der Waals surface area contributed by atoms with Gasteiger partial charge >= 0.3 is 5.97 Å². The van der Waals surface area contributed by atoms with Crippen LogP contribution < -0.4 is 10.6 Å². The van der Waals surface area contributed by atoms with Gasteiger partial charge in [-0.1, -0.05) is 13.8 Å². The molecule has 0 aliphatic heterocycles. The average molecular weight is 283 g/mol. The van der Waals surface area contributed by atoms with Crippen molar-refractivity contribution in [1.82, 2.24) is 10.3 Å². The van der Waals surface area contributed by atoms with Gasteiger partial charge in [-0.15, -0.1) is 0 Å². The van der Waals surface area contributed by atoms with Crippen LogP contribution in [-0.4, -0.2) is 35.1 Å². The van der Waals surface area contributed by atoms with Crippen molar-refractivity contribution in [3.63, 3.8) is 0 Å². The van der Waals surface area contributed by atoms with Gasteiger partial charge in [-0.05, 0) is 12.0 Å². The Morgan fingerprint density at radius 2 is 2.15 bits per heavy atom. The molecule has 0 atom stereocenters. The molecule has 0 saturated heterocycles. The molecule has 1 rings (SSSR count). The number of amides is 1. The van der Waals surface area contributed by atoms with Gasteiger partial charge < -0.3 is 15.7 Å². The van der Waals surface area contributed by atoms with Crippen LogP contribution in [0.2, 0.25) is 0 Å². The maximum Gasteiger partial charge on any atom is 0.338 e. The Bertz CT molecular complexity index is 492. The van der Waals surface area contributed by atoms with Gasteiger partial charge in [0.15, 0.2) is 11.6 Å². The summed E-state index contributed by atoms with van der Waals surface area (Å²) in [6, 6.07) is 1.08. The fourth-order valence-corrected chi connectivity index (χ4v) is 1.43. The smallest absolute Gasteiger partial charge is 0.338 e. The Morgan fingerprint density at radius 3 is 2.75 bits per heavy atom. The van der Waals surface area contributed by atoms with E-state index >= 15 is 0 Å². The second-order valence-corrected chi connectivity index (χ2v) is 4.70. The predicted molar refractivity (Wildman–Crippen MR) is 72.1 cm³/mol. The SMILES string of the molecule is CC(C)CNC(=O)CCNc1nccc(C(=O)O)c1F. The van der Waals surface area contributed by atoms with Gasteiger partial charge in [0.2, 0.25) is 5.91 Å². The normalized spacial score (nSPS) is 10.4. The highest BCUT2D eigenvalue weighted by molar-refractivity contribution is 5.88. The van der Waals surface area contributed by atoms with Crippen LogP contribution in [0.4, 0.5) is 10.2 Å². The van der Waals surface area contributed by atoms with Crippen LogP contribution in [-0.2, 0) is 4.79 Å². The summed E-state index contributed by atoms with van der Waals surface area (Å²) in [5.41, 5.74) is -0.452. The number of carboxylic acids is 1. The molecule has 1 aromatic rings. The molecule has 0 aromatic carbocycles. The van der Waals surface area contributed by atoms with Crippen LogP contribution in [0.25, 0.3) is 0 Å². The summed E-state index contributed by atoms with van der Waals surface area (Å²) < 4.78 is 13.7. The van der Waals surface area contributed by atoms with Crippen LogP contribution in [0, 0.1) is 11.7 Å². The molecule has 0 spiro atoms. The fourth-order valence-electron chi connectivity index (χ4n) is 1.43. The zero-order chi connectivity index (χ0) is 15.1. The van der Waals surface area contributed by atoms with Crippen molar-refractivity contribution < 1.29 is 19.1 Å². The number of carboxylic acid groups (broad SMARTS) is 1. The number of halogens is 1. The number of hydrogen-bond acceptors (Lipinski definition) is 4. The fraction of sp³-hybridized carbons (Fsp3) is 0.462. The Hall–Kier alpha value is -2.18. The minimum Gasteiger partial charge on any atom is -0.478 e.